The van der Waals surface area contributed by atoms with E-state index in [4.69, 9.17) is 0 Å². The fraction of sp³-hybridized carbons (Fsp3) is 0. The maximum absolute atomic E-state index is 12.0. The highest BCUT2D eigenvalue weighted by Gasteiger charge is 2.39. The van der Waals surface area contributed by atoms with Crippen LogP contribution in [0.4, 0.5) is 5.69 Å². The Kier molecular flexibility index (Phi) is 1.91. The molecule has 0 fully saturated rings. The van der Waals surface area contributed by atoms with Crippen LogP contribution in [0.1, 0.15) is 20.8 Å². The zero-order valence-electron chi connectivity index (χ0n) is 8.91. The van der Waals surface area contributed by atoms with Crippen molar-refractivity contribution in [1.29, 1.82) is 0 Å². The second-order valence-corrected chi connectivity index (χ2v) is 3.73. The molecular formula is C11H7N3O4. The van der Waals surface area contributed by atoms with Gasteiger partial charge in [-0.15, -0.1) is 0 Å². The van der Waals surface area contributed by atoms with Crippen LogP contribution in [0.3, 0.4) is 0 Å². The summed E-state index contributed by atoms with van der Waals surface area (Å²) in [5.74, 6) is -2.02. The number of imide groups is 1. The monoisotopic (exact) mass is 245 g/mol. The van der Waals surface area contributed by atoms with Crippen LogP contribution in [-0.4, -0.2) is 32.0 Å². The number of carbonyl (C=O) groups excluding carboxylic acids is 2. The van der Waals surface area contributed by atoms with E-state index in [1.54, 1.807) is 6.07 Å². The van der Waals surface area contributed by atoms with Crippen molar-refractivity contribution in [3.63, 3.8) is 0 Å². The van der Waals surface area contributed by atoms with Crippen LogP contribution in [0, 0.1) is 0 Å². The van der Waals surface area contributed by atoms with E-state index in [9.17, 15) is 19.8 Å². The number of amides is 2. The summed E-state index contributed by atoms with van der Waals surface area (Å²) in [6.07, 6.45) is 1.40. The fourth-order valence-electron chi connectivity index (χ4n) is 1.88. The molecule has 18 heavy (non-hydrogen) atoms. The van der Waals surface area contributed by atoms with Crippen LogP contribution in [0.25, 0.3) is 0 Å². The first-order valence-electron chi connectivity index (χ1n) is 5.04. The molecule has 2 aromatic rings. The lowest BCUT2D eigenvalue weighted by atomic mass is 10.2. The molecule has 2 amide bonds. The average molecular weight is 245 g/mol. The molecule has 0 spiro atoms. The van der Waals surface area contributed by atoms with Gasteiger partial charge >= 0.3 is 0 Å². The highest BCUT2D eigenvalue weighted by atomic mass is 16.3. The first-order valence-corrected chi connectivity index (χ1v) is 5.04. The van der Waals surface area contributed by atoms with Gasteiger partial charge in [-0.25, -0.2) is 4.90 Å². The number of aromatic nitrogens is 2. The normalized spacial score (nSPS) is 14.1. The predicted octanol–water partition coefficient (Wildman–Crippen LogP) is 0.621. The molecule has 1 aliphatic heterocycles. The molecule has 1 aliphatic rings. The maximum atomic E-state index is 12.0. The molecule has 0 aromatic carbocycles. The maximum Gasteiger partial charge on any atom is 0.284 e. The SMILES string of the molecule is O=C1c2cccnc2C(=O)N1c1cc(O)[nH]c1O. The number of hydrogen-bond acceptors (Lipinski definition) is 5. The van der Waals surface area contributed by atoms with Crippen molar-refractivity contribution < 1.29 is 19.8 Å². The number of anilines is 1. The lowest BCUT2D eigenvalue weighted by Crippen LogP contribution is -2.29. The Bertz CT molecular complexity index is 642. The summed E-state index contributed by atoms with van der Waals surface area (Å²) in [6.45, 7) is 0. The van der Waals surface area contributed by atoms with E-state index in [0.717, 1.165) is 11.0 Å². The molecule has 0 saturated heterocycles. The number of aromatic hydroxyl groups is 2. The van der Waals surface area contributed by atoms with Gasteiger partial charge in [0.1, 0.15) is 11.4 Å². The van der Waals surface area contributed by atoms with Crippen molar-refractivity contribution in [3.8, 4) is 11.8 Å². The number of carbonyl (C=O) groups is 2. The van der Waals surface area contributed by atoms with E-state index < -0.39 is 17.7 Å². The van der Waals surface area contributed by atoms with E-state index in [1.165, 1.54) is 12.3 Å². The Balaban J connectivity index is 2.15. The van der Waals surface area contributed by atoms with E-state index in [1.807, 2.05) is 0 Å². The van der Waals surface area contributed by atoms with Gasteiger partial charge in [-0.2, -0.15) is 0 Å². The first kappa shape index (κ1) is 10.3. The standard InChI is InChI=1S/C11H7N3O4/c15-7-4-6(9(16)13-7)14-10(17)5-2-1-3-12-8(5)11(14)18/h1-4,13,15-16H. The average Bonchev–Trinajstić information content (AvgIpc) is 2.79. The summed E-state index contributed by atoms with van der Waals surface area (Å²) in [6, 6.07) is 4.12. The molecule has 3 heterocycles. The second kappa shape index (κ2) is 3.33. The van der Waals surface area contributed by atoms with Crippen LogP contribution in [0.15, 0.2) is 24.4 Å². The molecule has 0 atom stereocenters. The Labute approximate surface area is 100 Å². The third-order valence-corrected chi connectivity index (χ3v) is 2.65. The van der Waals surface area contributed by atoms with Crippen LogP contribution in [-0.2, 0) is 0 Å². The molecule has 90 valence electrons. The Hall–Kier alpha value is -2.83. The number of H-pyrrole nitrogens is 1. The molecular weight excluding hydrogens is 238 g/mol. The highest BCUT2D eigenvalue weighted by molar-refractivity contribution is 6.34. The summed E-state index contributed by atoms with van der Waals surface area (Å²) in [5, 5.41) is 18.7. The predicted molar refractivity (Wildman–Crippen MR) is 59.5 cm³/mol. The zero-order chi connectivity index (χ0) is 12.9. The van der Waals surface area contributed by atoms with Crippen LogP contribution in [0.5, 0.6) is 11.8 Å². The molecule has 0 radical (unpaired) electrons. The minimum absolute atomic E-state index is 0.0302. The fourth-order valence-corrected chi connectivity index (χ4v) is 1.88. The van der Waals surface area contributed by atoms with Gasteiger partial charge in [-0.05, 0) is 12.1 Å². The Morgan fingerprint density at radius 3 is 2.61 bits per heavy atom. The summed E-state index contributed by atoms with van der Waals surface area (Å²) in [5.41, 5.74) is 0.102. The van der Waals surface area contributed by atoms with E-state index in [2.05, 4.69) is 9.97 Å². The van der Waals surface area contributed by atoms with Crippen LogP contribution < -0.4 is 4.90 Å². The molecule has 0 saturated carbocycles. The van der Waals surface area contributed by atoms with Gasteiger partial charge in [0, 0.05) is 12.3 Å². The molecule has 0 unspecified atom stereocenters. The van der Waals surface area contributed by atoms with Gasteiger partial charge in [0.15, 0.2) is 5.88 Å². The van der Waals surface area contributed by atoms with Crippen LogP contribution >= 0.6 is 0 Å². The topological polar surface area (TPSA) is 107 Å². The van der Waals surface area contributed by atoms with Crippen molar-refractivity contribution in [2.45, 2.75) is 0 Å². The molecule has 2 aromatic heterocycles. The summed E-state index contributed by atoms with van der Waals surface area (Å²) < 4.78 is 0. The largest absolute Gasteiger partial charge is 0.494 e. The quantitative estimate of drug-likeness (QED) is 0.638. The van der Waals surface area contributed by atoms with E-state index in [-0.39, 0.29) is 22.8 Å². The van der Waals surface area contributed by atoms with Crippen molar-refractivity contribution >= 4 is 17.5 Å². The molecule has 3 N–H and O–H groups in total. The minimum atomic E-state index is -0.634. The molecule has 7 heteroatoms. The Morgan fingerprint density at radius 2 is 2.00 bits per heavy atom. The zero-order valence-corrected chi connectivity index (χ0v) is 8.91. The number of nitrogens with zero attached hydrogens (tertiary/aromatic N) is 2. The minimum Gasteiger partial charge on any atom is -0.494 e. The molecule has 0 bridgehead atoms. The summed E-state index contributed by atoms with van der Waals surface area (Å²) >= 11 is 0. The van der Waals surface area contributed by atoms with E-state index >= 15 is 0 Å². The number of pyridine rings is 1. The highest BCUT2D eigenvalue weighted by Crippen LogP contribution is 2.35. The van der Waals surface area contributed by atoms with Gasteiger partial charge < -0.3 is 10.2 Å². The molecule has 3 rings (SSSR count). The third-order valence-electron chi connectivity index (χ3n) is 2.65. The second-order valence-electron chi connectivity index (χ2n) is 3.73. The molecule has 7 nitrogen and oxygen atoms in total. The number of rotatable bonds is 1. The van der Waals surface area contributed by atoms with Crippen molar-refractivity contribution in [2.75, 3.05) is 4.90 Å². The Morgan fingerprint density at radius 1 is 1.22 bits per heavy atom. The lowest BCUT2D eigenvalue weighted by Gasteiger charge is -2.10. The van der Waals surface area contributed by atoms with Crippen molar-refractivity contribution in [3.05, 3.63) is 35.7 Å². The van der Waals surface area contributed by atoms with Gasteiger partial charge in [0.05, 0.1) is 5.56 Å². The van der Waals surface area contributed by atoms with Gasteiger partial charge in [0.2, 0.25) is 5.88 Å². The smallest absolute Gasteiger partial charge is 0.284 e. The number of hydrogen-bond donors (Lipinski definition) is 3. The van der Waals surface area contributed by atoms with Gasteiger partial charge in [0.25, 0.3) is 11.8 Å². The number of nitrogens with one attached hydrogen (secondary N) is 1. The number of fused-ring (bicyclic) bond motifs is 1. The molecule has 0 aliphatic carbocycles. The number of aromatic amines is 1. The van der Waals surface area contributed by atoms with Gasteiger partial charge in [-0.1, -0.05) is 0 Å². The van der Waals surface area contributed by atoms with E-state index in [0.29, 0.717) is 0 Å². The van der Waals surface area contributed by atoms with Crippen LogP contribution in [0.2, 0.25) is 0 Å². The van der Waals surface area contributed by atoms with Gasteiger partial charge in [-0.3, -0.25) is 19.6 Å². The summed E-state index contributed by atoms with van der Waals surface area (Å²) in [7, 11) is 0. The summed E-state index contributed by atoms with van der Waals surface area (Å²) in [4.78, 5) is 30.8. The van der Waals surface area contributed by atoms with Crippen molar-refractivity contribution in [1.82, 2.24) is 9.97 Å². The van der Waals surface area contributed by atoms with Crippen molar-refractivity contribution in [2.24, 2.45) is 0 Å². The third kappa shape index (κ3) is 1.21. The lowest BCUT2D eigenvalue weighted by molar-refractivity contribution is 0.0923. The first-order chi connectivity index (χ1) is 8.59.